The SMILES string of the molecule is COc1ccccc1C1N(C)Cc2cc(O)ccc2N1C. The molecular formula is C17H20N2O2. The van der Waals surface area contributed by atoms with E-state index in [1.807, 2.05) is 30.3 Å². The lowest BCUT2D eigenvalue weighted by Gasteiger charge is -2.43. The summed E-state index contributed by atoms with van der Waals surface area (Å²) in [5, 5.41) is 9.67. The van der Waals surface area contributed by atoms with Gasteiger partial charge >= 0.3 is 0 Å². The second kappa shape index (κ2) is 5.30. The number of rotatable bonds is 2. The summed E-state index contributed by atoms with van der Waals surface area (Å²) in [7, 11) is 5.86. The number of ether oxygens (including phenoxy) is 1. The molecule has 110 valence electrons. The van der Waals surface area contributed by atoms with Crippen molar-refractivity contribution < 1.29 is 9.84 Å². The molecule has 0 amide bonds. The summed E-state index contributed by atoms with van der Waals surface area (Å²) in [6, 6.07) is 13.6. The smallest absolute Gasteiger partial charge is 0.125 e. The van der Waals surface area contributed by atoms with Crippen molar-refractivity contribution >= 4 is 5.69 Å². The average molecular weight is 284 g/mol. The van der Waals surface area contributed by atoms with Crippen LogP contribution in [0.4, 0.5) is 5.69 Å². The van der Waals surface area contributed by atoms with Crippen LogP contribution in [0.5, 0.6) is 11.5 Å². The summed E-state index contributed by atoms with van der Waals surface area (Å²) >= 11 is 0. The van der Waals surface area contributed by atoms with Gasteiger partial charge in [0.25, 0.3) is 0 Å². The molecule has 0 aliphatic carbocycles. The third kappa shape index (κ3) is 2.32. The van der Waals surface area contributed by atoms with Gasteiger partial charge in [0.05, 0.1) is 7.11 Å². The number of benzene rings is 2. The molecule has 2 aromatic rings. The Morgan fingerprint density at radius 1 is 1.14 bits per heavy atom. The number of nitrogens with zero attached hydrogens (tertiary/aromatic N) is 2. The highest BCUT2D eigenvalue weighted by molar-refractivity contribution is 5.59. The molecule has 0 saturated heterocycles. The van der Waals surface area contributed by atoms with Crippen LogP contribution in [0.25, 0.3) is 0 Å². The second-order valence-electron chi connectivity index (χ2n) is 5.45. The van der Waals surface area contributed by atoms with E-state index in [1.165, 1.54) is 0 Å². The zero-order chi connectivity index (χ0) is 15.0. The highest BCUT2D eigenvalue weighted by atomic mass is 16.5. The van der Waals surface area contributed by atoms with E-state index in [2.05, 4.69) is 30.0 Å². The van der Waals surface area contributed by atoms with Crippen LogP contribution in [0.1, 0.15) is 17.3 Å². The van der Waals surface area contributed by atoms with Gasteiger partial charge in [-0.05, 0) is 36.9 Å². The molecule has 4 heteroatoms. The maximum absolute atomic E-state index is 9.67. The number of para-hydroxylation sites is 1. The van der Waals surface area contributed by atoms with Crippen LogP contribution in [-0.2, 0) is 6.54 Å². The van der Waals surface area contributed by atoms with Crippen LogP contribution >= 0.6 is 0 Å². The van der Waals surface area contributed by atoms with Crippen LogP contribution in [0.15, 0.2) is 42.5 Å². The van der Waals surface area contributed by atoms with Crippen LogP contribution in [0.2, 0.25) is 0 Å². The van der Waals surface area contributed by atoms with Gasteiger partial charge in [-0.1, -0.05) is 18.2 Å². The number of hydrogen-bond donors (Lipinski definition) is 1. The highest BCUT2D eigenvalue weighted by Crippen LogP contribution is 2.40. The Morgan fingerprint density at radius 2 is 1.90 bits per heavy atom. The maximum Gasteiger partial charge on any atom is 0.125 e. The van der Waals surface area contributed by atoms with E-state index < -0.39 is 0 Å². The summed E-state index contributed by atoms with van der Waals surface area (Å²) in [4.78, 5) is 4.47. The predicted octanol–water partition coefficient (Wildman–Crippen LogP) is 2.98. The fraction of sp³-hybridized carbons (Fsp3) is 0.294. The first-order valence-corrected chi connectivity index (χ1v) is 6.99. The second-order valence-corrected chi connectivity index (χ2v) is 5.45. The van der Waals surface area contributed by atoms with Crippen molar-refractivity contribution in [3.8, 4) is 11.5 Å². The number of fused-ring (bicyclic) bond motifs is 1. The van der Waals surface area contributed by atoms with Gasteiger partial charge < -0.3 is 14.7 Å². The van der Waals surface area contributed by atoms with Crippen molar-refractivity contribution in [1.29, 1.82) is 0 Å². The normalized spacial score (nSPS) is 18.4. The molecule has 1 N–H and O–H groups in total. The van der Waals surface area contributed by atoms with Gasteiger partial charge in [0, 0.05) is 24.8 Å². The fourth-order valence-corrected chi connectivity index (χ4v) is 3.15. The van der Waals surface area contributed by atoms with E-state index in [1.54, 1.807) is 13.2 Å². The quantitative estimate of drug-likeness (QED) is 0.919. The van der Waals surface area contributed by atoms with Gasteiger partial charge in [0.2, 0.25) is 0 Å². The third-order valence-corrected chi connectivity index (χ3v) is 4.06. The monoisotopic (exact) mass is 284 g/mol. The number of anilines is 1. The molecule has 0 fully saturated rings. The van der Waals surface area contributed by atoms with Crippen molar-refractivity contribution in [2.75, 3.05) is 26.1 Å². The van der Waals surface area contributed by atoms with Gasteiger partial charge in [0.15, 0.2) is 0 Å². The van der Waals surface area contributed by atoms with Gasteiger partial charge in [-0.25, -0.2) is 0 Å². The van der Waals surface area contributed by atoms with Gasteiger partial charge in [-0.2, -0.15) is 0 Å². The first-order valence-electron chi connectivity index (χ1n) is 6.99. The Labute approximate surface area is 125 Å². The first-order chi connectivity index (χ1) is 10.1. The Morgan fingerprint density at radius 3 is 2.67 bits per heavy atom. The Hall–Kier alpha value is -2.20. The molecular weight excluding hydrogens is 264 g/mol. The minimum absolute atomic E-state index is 0.109. The van der Waals surface area contributed by atoms with E-state index in [0.29, 0.717) is 5.75 Å². The number of methoxy groups -OCH3 is 1. The van der Waals surface area contributed by atoms with Crippen molar-refractivity contribution in [1.82, 2.24) is 4.90 Å². The van der Waals surface area contributed by atoms with Crippen LogP contribution in [0.3, 0.4) is 0 Å². The van der Waals surface area contributed by atoms with Gasteiger partial charge in [0.1, 0.15) is 17.7 Å². The Balaban J connectivity index is 2.06. The largest absolute Gasteiger partial charge is 0.508 e. The van der Waals surface area contributed by atoms with Gasteiger partial charge in [-0.15, -0.1) is 0 Å². The van der Waals surface area contributed by atoms with E-state index in [0.717, 1.165) is 29.1 Å². The molecule has 4 nitrogen and oxygen atoms in total. The minimum Gasteiger partial charge on any atom is -0.508 e. The lowest BCUT2D eigenvalue weighted by Crippen LogP contribution is -2.41. The Bertz CT molecular complexity index is 657. The van der Waals surface area contributed by atoms with E-state index in [4.69, 9.17) is 4.74 Å². The zero-order valence-corrected chi connectivity index (χ0v) is 12.6. The van der Waals surface area contributed by atoms with E-state index in [9.17, 15) is 5.11 Å². The first kappa shape index (κ1) is 13.8. The number of hydrogen-bond acceptors (Lipinski definition) is 4. The van der Waals surface area contributed by atoms with Crippen LogP contribution in [0, 0.1) is 0 Å². The molecule has 0 bridgehead atoms. The summed E-state index contributed by atoms with van der Waals surface area (Å²) in [6.07, 6.45) is 0.109. The zero-order valence-electron chi connectivity index (χ0n) is 12.6. The van der Waals surface area contributed by atoms with Crippen molar-refractivity contribution in [2.24, 2.45) is 0 Å². The molecule has 2 aromatic carbocycles. The molecule has 0 spiro atoms. The fourth-order valence-electron chi connectivity index (χ4n) is 3.15. The maximum atomic E-state index is 9.67. The summed E-state index contributed by atoms with van der Waals surface area (Å²) in [5.74, 6) is 1.20. The Kier molecular flexibility index (Phi) is 3.47. The minimum atomic E-state index is 0.109. The van der Waals surface area contributed by atoms with Crippen LogP contribution < -0.4 is 9.64 Å². The molecule has 0 radical (unpaired) electrons. The lowest BCUT2D eigenvalue weighted by molar-refractivity contribution is 0.215. The van der Waals surface area contributed by atoms with Crippen molar-refractivity contribution in [2.45, 2.75) is 12.7 Å². The molecule has 1 heterocycles. The molecule has 0 saturated carbocycles. The standard InChI is InChI=1S/C17H20N2O2/c1-18-11-12-10-13(20)8-9-15(12)19(2)17(18)14-6-4-5-7-16(14)21-3/h4-10,17,20H,11H2,1-3H3. The topological polar surface area (TPSA) is 35.9 Å². The molecule has 1 aliphatic heterocycles. The summed E-state index contributed by atoms with van der Waals surface area (Å²) in [5.41, 5.74) is 3.41. The van der Waals surface area contributed by atoms with Crippen molar-refractivity contribution in [3.05, 3.63) is 53.6 Å². The van der Waals surface area contributed by atoms with Gasteiger partial charge in [-0.3, -0.25) is 4.90 Å². The molecule has 3 rings (SSSR count). The summed E-state index contributed by atoms with van der Waals surface area (Å²) in [6.45, 7) is 0.788. The average Bonchev–Trinajstić information content (AvgIpc) is 2.47. The van der Waals surface area contributed by atoms with E-state index >= 15 is 0 Å². The third-order valence-electron chi connectivity index (χ3n) is 4.06. The molecule has 1 aliphatic rings. The summed E-state index contributed by atoms with van der Waals surface area (Å²) < 4.78 is 5.51. The molecule has 0 aromatic heterocycles. The lowest BCUT2D eigenvalue weighted by atomic mass is 10.0. The molecule has 1 atom stereocenters. The van der Waals surface area contributed by atoms with E-state index in [-0.39, 0.29) is 6.17 Å². The molecule has 21 heavy (non-hydrogen) atoms. The molecule has 1 unspecified atom stereocenters. The predicted molar refractivity (Wildman–Crippen MR) is 83.7 cm³/mol. The van der Waals surface area contributed by atoms with Crippen molar-refractivity contribution in [3.63, 3.8) is 0 Å². The highest BCUT2D eigenvalue weighted by Gasteiger charge is 2.30. The number of phenolic OH excluding ortho intramolecular Hbond substituents is 1. The number of phenols is 1. The van der Waals surface area contributed by atoms with Crippen LogP contribution in [-0.4, -0.2) is 31.2 Å². The number of aromatic hydroxyl groups is 1.